The van der Waals surface area contributed by atoms with Gasteiger partial charge in [0.1, 0.15) is 5.60 Å². The van der Waals surface area contributed by atoms with E-state index in [1.807, 2.05) is 0 Å². The lowest BCUT2D eigenvalue weighted by Crippen LogP contribution is -2.61. The number of amides is 1. The van der Waals surface area contributed by atoms with Crippen molar-refractivity contribution in [3.05, 3.63) is 11.6 Å². The zero-order valence-corrected chi connectivity index (χ0v) is 19.5. The quantitative estimate of drug-likeness (QED) is 0.426. The maximum Gasteiger partial charge on any atom is 0.309 e. The van der Waals surface area contributed by atoms with Gasteiger partial charge in [0, 0.05) is 11.3 Å². The number of ether oxygens (including phenoxy) is 2. The molecular formula is C25H37NO6. The van der Waals surface area contributed by atoms with Gasteiger partial charge in [0.15, 0.2) is 0 Å². The molecule has 178 valence electrons. The molecule has 7 nitrogen and oxygen atoms in total. The lowest BCUT2D eigenvalue weighted by Gasteiger charge is -2.51. The first-order valence-electron chi connectivity index (χ1n) is 12.2. The van der Waals surface area contributed by atoms with Crippen molar-refractivity contribution in [2.45, 2.75) is 108 Å². The molecule has 32 heavy (non-hydrogen) atoms. The van der Waals surface area contributed by atoms with E-state index in [0.29, 0.717) is 51.6 Å². The topological polar surface area (TPSA) is 112 Å². The number of epoxide rings is 2. The van der Waals surface area contributed by atoms with Gasteiger partial charge in [-0.1, -0.05) is 11.6 Å². The highest BCUT2D eigenvalue weighted by Crippen LogP contribution is 2.60. The van der Waals surface area contributed by atoms with Gasteiger partial charge in [-0.05, 0) is 78.6 Å². The van der Waals surface area contributed by atoms with Crippen LogP contribution in [0.2, 0.25) is 0 Å². The van der Waals surface area contributed by atoms with Gasteiger partial charge >= 0.3 is 5.97 Å². The van der Waals surface area contributed by atoms with E-state index in [1.165, 1.54) is 5.57 Å². The lowest BCUT2D eigenvalue weighted by molar-refractivity contribution is -0.164. The number of rotatable bonds is 6. The summed E-state index contributed by atoms with van der Waals surface area (Å²) < 4.78 is 12.0. The zero-order chi connectivity index (χ0) is 22.9. The van der Waals surface area contributed by atoms with Crippen LogP contribution < -0.4 is 5.32 Å². The van der Waals surface area contributed by atoms with Crippen LogP contribution in [0.4, 0.5) is 0 Å². The number of carbonyl (C=O) groups is 2. The van der Waals surface area contributed by atoms with Crippen molar-refractivity contribution in [2.24, 2.45) is 16.7 Å². The number of hydrogen-bond donors (Lipinski definition) is 3. The molecule has 2 heterocycles. The molecule has 6 atom stereocenters. The molecule has 0 radical (unpaired) electrons. The Bertz CT molecular complexity index is 819. The predicted octanol–water partition coefficient (Wildman–Crippen LogP) is 2.95. The van der Waals surface area contributed by atoms with E-state index in [9.17, 15) is 19.8 Å². The average Bonchev–Trinajstić information content (AvgIpc) is 3.67. The molecule has 4 aliphatic carbocycles. The number of hydrogen-bond acceptors (Lipinski definition) is 5. The van der Waals surface area contributed by atoms with Gasteiger partial charge in [-0.3, -0.25) is 9.59 Å². The third kappa shape index (κ3) is 3.34. The summed E-state index contributed by atoms with van der Waals surface area (Å²) in [6.07, 6.45) is 7.40. The van der Waals surface area contributed by atoms with Crippen LogP contribution in [0.5, 0.6) is 0 Å². The van der Waals surface area contributed by atoms with Gasteiger partial charge in [0.2, 0.25) is 5.91 Å². The summed E-state index contributed by atoms with van der Waals surface area (Å²) in [6, 6.07) is -0.324. The van der Waals surface area contributed by atoms with Crippen molar-refractivity contribution < 1.29 is 29.3 Å². The number of allylic oxidation sites excluding steroid dienone is 1. The molecule has 2 saturated heterocycles. The molecule has 0 aromatic carbocycles. The molecule has 7 heteroatoms. The molecule has 0 aromatic heterocycles. The fourth-order valence-electron chi connectivity index (χ4n) is 7.04. The second-order valence-corrected chi connectivity index (χ2v) is 11.6. The second kappa shape index (κ2) is 7.28. The van der Waals surface area contributed by atoms with Crippen LogP contribution in [0.1, 0.15) is 78.6 Å². The third-order valence-corrected chi connectivity index (χ3v) is 9.55. The Morgan fingerprint density at radius 3 is 2.19 bits per heavy atom. The van der Waals surface area contributed by atoms with E-state index in [0.717, 1.165) is 12.8 Å². The maximum atomic E-state index is 13.4. The highest BCUT2D eigenvalue weighted by molar-refractivity contribution is 5.85. The van der Waals surface area contributed by atoms with Crippen molar-refractivity contribution in [1.29, 1.82) is 0 Å². The van der Waals surface area contributed by atoms with Gasteiger partial charge in [0.25, 0.3) is 0 Å². The van der Waals surface area contributed by atoms with Crippen LogP contribution >= 0.6 is 0 Å². The van der Waals surface area contributed by atoms with Crippen molar-refractivity contribution in [3.8, 4) is 0 Å². The molecule has 1 amide bonds. The van der Waals surface area contributed by atoms with Crippen molar-refractivity contribution >= 4 is 11.9 Å². The van der Waals surface area contributed by atoms with Crippen LogP contribution in [0.25, 0.3) is 0 Å². The monoisotopic (exact) mass is 447 g/mol. The first-order valence-corrected chi connectivity index (χ1v) is 12.2. The van der Waals surface area contributed by atoms with Gasteiger partial charge < -0.3 is 25.0 Å². The minimum Gasteiger partial charge on any atom is -0.481 e. The van der Waals surface area contributed by atoms with Gasteiger partial charge in [-0.2, -0.15) is 0 Å². The highest BCUT2D eigenvalue weighted by atomic mass is 16.6. The average molecular weight is 448 g/mol. The number of aliphatic hydroxyl groups is 1. The first-order chi connectivity index (χ1) is 15.1. The molecule has 6 fully saturated rings. The lowest BCUT2D eigenvalue weighted by atomic mass is 9.53. The fourth-order valence-corrected chi connectivity index (χ4v) is 7.04. The largest absolute Gasteiger partial charge is 0.481 e. The van der Waals surface area contributed by atoms with Crippen molar-refractivity contribution in [3.63, 3.8) is 0 Å². The number of carboxylic acids is 1. The highest BCUT2D eigenvalue weighted by Gasteiger charge is 2.71. The summed E-state index contributed by atoms with van der Waals surface area (Å²) in [6.45, 7) is 6.86. The van der Waals surface area contributed by atoms with Gasteiger partial charge in [0.05, 0.1) is 35.9 Å². The van der Waals surface area contributed by atoms with Gasteiger partial charge in [-0.25, -0.2) is 0 Å². The Labute approximate surface area is 189 Å². The SMILES string of the molecule is CC(C)=CC[C@H]1OC1(C)[C@H]1[C@H](O)[C@H](NC(=O)C23CCC(C(=O)O)(CC2)CC3)CC[C@]12CO2. The summed E-state index contributed by atoms with van der Waals surface area (Å²) in [4.78, 5) is 25.1. The predicted molar refractivity (Wildman–Crippen MR) is 117 cm³/mol. The Morgan fingerprint density at radius 2 is 1.66 bits per heavy atom. The van der Waals surface area contributed by atoms with E-state index in [-0.39, 0.29) is 29.6 Å². The van der Waals surface area contributed by atoms with E-state index in [2.05, 4.69) is 32.2 Å². The molecular weight excluding hydrogens is 410 g/mol. The van der Waals surface area contributed by atoms with Crippen molar-refractivity contribution in [2.75, 3.05) is 6.61 Å². The van der Waals surface area contributed by atoms with Crippen LogP contribution in [-0.2, 0) is 19.1 Å². The molecule has 2 aliphatic heterocycles. The van der Waals surface area contributed by atoms with Crippen LogP contribution in [0, 0.1) is 16.7 Å². The molecule has 4 saturated carbocycles. The van der Waals surface area contributed by atoms with E-state index in [4.69, 9.17) is 9.47 Å². The Kier molecular flexibility index (Phi) is 5.08. The van der Waals surface area contributed by atoms with Crippen LogP contribution in [-0.4, -0.2) is 58.1 Å². The second-order valence-electron chi connectivity index (χ2n) is 11.6. The zero-order valence-electron chi connectivity index (χ0n) is 19.5. The molecule has 6 aliphatic rings. The number of fused-ring (bicyclic) bond motifs is 3. The Morgan fingerprint density at radius 1 is 1.06 bits per heavy atom. The standard InChI is InChI=1S/C25H37NO6/c1-15(2)4-5-17-22(3,32-17)19-18(27)16(6-7-25(19)14-31-25)26-20(28)23-8-11-24(12-9-23,13-10-23)21(29)30/h4,16-19,27H,5-14H2,1-3H3,(H,26,28)(H,29,30)/t16-,17-,18-,19-,22?,23?,24?,25+/m1/s1. The summed E-state index contributed by atoms with van der Waals surface area (Å²) in [5.74, 6) is -0.888. The minimum absolute atomic E-state index is 0.00499. The number of aliphatic hydroxyl groups excluding tert-OH is 1. The summed E-state index contributed by atoms with van der Waals surface area (Å²) in [7, 11) is 0. The number of aliphatic carboxylic acids is 1. The molecule has 3 N–H and O–H groups in total. The molecule has 2 bridgehead atoms. The normalized spacial score (nSPS) is 48.9. The number of carboxylic acid groups (broad SMARTS) is 1. The maximum absolute atomic E-state index is 13.4. The Balaban J connectivity index is 1.27. The molecule has 1 unspecified atom stereocenters. The summed E-state index contributed by atoms with van der Waals surface area (Å²) >= 11 is 0. The van der Waals surface area contributed by atoms with E-state index in [1.54, 1.807) is 0 Å². The smallest absolute Gasteiger partial charge is 0.309 e. The molecule has 6 rings (SSSR count). The minimum atomic E-state index is -0.724. The molecule has 1 spiro atoms. The Hall–Kier alpha value is -1.44. The van der Waals surface area contributed by atoms with E-state index < -0.39 is 28.5 Å². The number of carbonyl (C=O) groups excluding carboxylic acids is 1. The fraction of sp³-hybridized carbons (Fsp3) is 0.840. The van der Waals surface area contributed by atoms with E-state index >= 15 is 0 Å². The van der Waals surface area contributed by atoms with Crippen molar-refractivity contribution in [1.82, 2.24) is 5.32 Å². The third-order valence-electron chi connectivity index (χ3n) is 9.55. The first kappa shape index (κ1) is 22.4. The summed E-state index contributed by atoms with van der Waals surface area (Å²) in [5, 5.41) is 24.3. The van der Waals surface area contributed by atoms with Gasteiger partial charge in [-0.15, -0.1) is 0 Å². The van der Waals surface area contributed by atoms with Crippen LogP contribution in [0.15, 0.2) is 11.6 Å². The molecule has 0 aromatic rings. The summed E-state index contributed by atoms with van der Waals surface area (Å²) in [5.41, 5.74) is -0.639. The van der Waals surface area contributed by atoms with Crippen LogP contribution in [0.3, 0.4) is 0 Å². The number of nitrogens with one attached hydrogen (secondary N) is 1.